The van der Waals surface area contributed by atoms with E-state index in [1.165, 1.54) is 24.3 Å². The summed E-state index contributed by atoms with van der Waals surface area (Å²) in [6.45, 7) is 0. The number of rotatable bonds is 6. The van der Waals surface area contributed by atoms with E-state index in [-0.39, 0.29) is 56.2 Å². The number of fused-ring (bicyclic) bond motifs is 3. The van der Waals surface area contributed by atoms with Crippen LogP contribution in [0.3, 0.4) is 0 Å². The van der Waals surface area contributed by atoms with Crippen LogP contribution in [0.4, 0.5) is 28.4 Å². The molecule has 7 aromatic rings. The van der Waals surface area contributed by atoms with E-state index < -0.39 is 0 Å². The average molecular weight is 592 g/mol. The first-order valence-corrected chi connectivity index (χ1v) is 13.0. The van der Waals surface area contributed by atoms with Gasteiger partial charge in [0.25, 0.3) is 0 Å². The number of phenolic OH excluding ortho intramolecular Hbond substituents is 1. The molecule has 14 nitrogen and oxygen atoms in total. The predicted molar refractivity (Wildman–Crippen MR) is 159 cm³/mol. The van der Waals surface area contributed by atoms with E-state index in [9.17, 15) is 25.9 Å². The fourth-order valence-electron chi connectivity index (χ4n) is 4.74. The van der Waals surface area contributed by atoms with Crippen LogP contribution in [-0.4, -0.2) is 35.9 Å². The molecular weight excluding hydrogens is 570 g/mol. The zero-order valence-electron chi connectivity index (χ0n) is 22.4. The standard InChI is InChI=1S/C30H21N7O7/c31-17-2-4-18(5-3-17)34-35-27-21-8-1-15(29-32-23-9-6-19(36(39)40)13-25(23)43-29)11-16(21)12-22(28(27)38)30-33-24-10-7-20(37(41)42)14-26(24)44-30/h1-14,38-42H,31H2. The first kappa shape index (κ1) is 26.8. The number of phenols is 1. The molecule has 0 saturated heterocycles. The van der Waals surface area contributed by atoms with E-state index in [1.807, 2.05) is 0 Å². The highest BCUT2D eigenvalue weighted by Crippen LogP contribution is 2.45. The zero-order chi connectivity index (χ0) is 30.5. The summed E-state index contributed by atoms with van der Waals surface area (Å²) >= 11 is 0. The Bertz CT molecular complexity index is 2220. The Morgan fingerprint density at radius 3 is 1.91 bits per heavy atom. The predicted octanol–water partition coefficient (Wildman–Crippen LogP) is 7.33. The molecule has 0 fully saturated rings. The van der Waals surface area contributed by atoms with Crippen LogP contribution in [0.1, 0.15) is 0 Å². The fourth-order valence-corrected chi connectivity index (χ4v) is 4.74. The summed E-state index contributed by atoms with van der Waals surface area (Å²) in [5, 5.41) is 58.7. The van der Waals surface area contributed by atoms with E-state index in [2.05, 4.69) is 20.2 Å². The Kier molecular flexibility index (Phi) is 6.30. The summed E-state index contributed by atoms with van der Waals surface area (Å²) < 4.78 is 11.8. The second kappa shape index (κ2) is 10.3. The Morgan fingerprint density at radius 1 is 0.659 bits per heavy atom. The van der Waals surface area contributed by atoms with Crippen LogP contribution in [0, 0.1) is 0 Å². The first-order valence-electron chi connectivity index (χ1n) is 13.0. The summed E-state index contributed by atoms with van der Waals surface area (Å²) in [7, 11) is 0. The Hall–Kier alpha value is -6.06. The number of azo groups is 1. The maximum Gasteiger partial charge on any atom is 0.231 e. The lowest BCUT2D eigenvalue weighted by molar-refractivity contribution is 0.0285. The van der Waals surface area contributed by atoms with Crippen LogP contribution in [0.2, 0.25) is 0 Å². The molecule has 0 aliphatic heterocycles. The quantitative estimate of drug-likeness (QED) is 0.0637. The van der Waals surface area contributed by atoms with E-state index in [0.29, 0.717) is 44.3 Å². The number of hydrogen-bond donors (Lipinski definition) is 6. The fraction of sp³-hybridized carbons (Fsp3) is 0. The third-order valence-electron chi connectivity index (χ3n) is 6.93. The first-order chi connectivity index (χ1) is 21.2. The maximum atomic E-state index is 11.4. The molecule has 0 radical (unpaired) electrons. The van der Waals surface area contributed by atoms with Gasteiger partial charge in [-0.25, -0.2) is 9.97 Å². The van der Waals surface area contributed by atoms with Gasteiger partial charge in [-0.1, -0.05) is 6.07 Å². The number of aromatic hydroxyl groups is 1. The second-order valence-corrected chi connectivity index (χ2v) is 9.77. The Morgan fingerprint density at radius 2 is 1.27 bits per heavy atom. The molecular formula is C30H21N7O7. The van der Waals surface area contributed by atoms with Crippen LogP contribution in [0.15, 0.2) is 104 Å². The minimum absolute atomic E-state index is 0.0113. The van der Waals surface area contributed by atoms with Crippen molar-refractivity contribution in [1.82, 2.24) is 9.97 Å². The smallest absolute Gasteiger partial charge is 0.231 e. The molecule has 0 bridgehead atoms. The summed E-state index contributed by atoms with van der Waals surface area (Å²) in [6, 6.07) is 22.6. The molecule has 2 heterocycles. The van der Waals surface area contributed by atoms with Gasteiger partial charge < -0.3 is 19.7 Å². The monoisotopic (exact) mass is 591 g/mol. The van der Waals surface area contributed by atoms with Gasteiger partial charge in [0.15, 0.2) is 16.9 Å². The van der Waals surface area contributed by atoms with E-state index >= 15 is 0 Å². The van der Waals surface area contributed by atoms with Crippen LogP contribution in [0.25, 0.3) is 55.9 Å². The summed E-state index contributed by atoms with van der Waals surface area (Å²) in [5.74, 6) is 0.0856. The van der Waals surface area contributed by atoms with Crippen molar-refractivity contribution in [1.29, 1.82) is 0 Å². The number of oxazole rings is 2. The van der Waals surface area contributed by atoms with Crippen molar-refractivity contribution in [3.05, 3.63) is 84.9 Å². The molecule has 14 heteroatoms. The van der Waals surface area contributed by atoms with Gasteiger partial charge in [0, 0.05) is 28.8 Å². The molecule has 0 amide bonds. The van der Waals surface area contributed by atoms with Gasteiger partial charge in [0.1, 0.15) is 16.7 Å². The Balaban J connectivity index is 1.39. The van der Waals surface area contributed by atoms with E-state index in [4.69, 9.17) is 14.6 Å². The van der Waals surface area contributed by atoms with Crippen molar-refractivity contribution in [2.75, 3.05) is 16.2 Å². The molecule has 0 saturated carbocycles. The van der Waals surface area contributed by atoms with E-state index in [0.717, 1.165) is 0 Å². The summed E-state index contributed by atoms with van der Waals surface area (Å²) in [6.07, 6.45) is 0. The Labute approximate surface area is 246 Å². The molecule has 0 spiro atoms. The number of nitrogen functional groups attached to an aromatic ring is 1. The van der Waals surface area contributed by atoms with Crippen molar-refractivity contribution >= 4 is 61.4 Å². The lowest BCUT2D eigenvalue weighted by atomic mass is 10.0. The molecule has 218 valence electrons. The molecule has 0 aliphatic carbocycles. The van der Waals surface area contributed by atoms with Gasteiger partial charge in [-0.15, -0.1) is 15.6 Å². The number of hydrogen-bond acceptors (Lipinski definition) is 14. The van der Waals surface area contributed by atoms with Gasteiger partial charge in [-0.3, -0.25) is 20.8 Å². The molecule has 5 aromatic carbocycles. The van der Waals surface area contributed by atoms with Gasteiger partial charge >= 0.3 is 0 Å². The minimum atomic E-state index is -0.242. The second-order valence-electron chi connectivity index (χ2n) is 9.77. The minimum Gasteiger partial charge on any atom is -0.505 e. The number of benzene rings is 5. The topological polar surface area (TPSA) is 210 Å². The van der Waals surface area contributed by atoms with Crippen molar-refractivity contribution in [3.63, 3.8) is 0 Å². The van der Waals surface area contributed by atoms with Gasteiger partial charge in [-0.2, -0.15) is 5.11 Å². The maximum absolute atomic E-state index is 11.4. The van der Waals surface area contributed by atoms with E-state index in [1.54, 1.807) is 60.7 Å². The number of nitrogens with two attached hydrogens (primary N) is 1. The third-order valence-corrected chi connectivity index (χ3v) is 6.93. The normalized spacial score (nSPS) is 11.7. The van der Waals surface area contributed by atoms with Crippen molar-refractivity contribution in [3.8, 4) is 28.7 Å². The van der Waals surface area contributed by atoms with Crippen LogP contribution < -0.4 is 16.2 Å². The molecule has 7 rings (SSSR count). The third kappa shape index (κ3) is 4.77. The molecule has 0 unspecified atom stereocenters. The van der Waals surface area contributed by atoms with Crippen LogP contribution >= 0.6 is 0 Å². The zero-order valence-corrected chi connectivity index (χ0v) is 22.4. The highest BCUT2D eigenvalue weighted by molar-refractivity contribution is 6.02. The van der Waals surface area contributed by atoms with Crippen molar-refractivity contribution in [2.24, 2.45) is 10.2 Å². The highest BCUT2D eigenvalue weighted by Gasteiger charge is 2.21. The summed E-state index contributed by atoms with van der Waals surface area (Å²) in [5.41, 5.74) is 9.47. The molecule has 2 aromatic heterocycles. The molecule has 0 aliphatic rings. The van der Waals surface area contributed by atoms with Gasteiger partial charge in [0.2, 0.25) is 11.8 Å². The van der Waals surface area contributed by atoms with Gasteiger partial charge in [0.05, 0.1) is 22.6 Å². The van der Waals surface area contributed by atoms with Crippen molar-refractivity contribution < 1.29 is 34.8 Å². The lowest BCUT2D eigenvalue weighted by Crippen LogP contribution is -2.10. The van der Waals surface area contributed by atoms with Gasteiger partial charge in [-0.05, 0) is 72.1 Å². The van der Waals surface area contributed by atoms with Crippen molar-refractivity contribution in [2.45, 2.75) is 0 Å². The number of anilines is 3. The van der Waals surface area contributed by atoms with Crippen LogP contribution in [-0.2, 0) is 0 Å². The summed E-state index contributed by atoms with van der Waals surface area (Å²) in [4.78, 5) is 9.00. The highest BCUT2D eigenvalue weighted by atomic mass is 16.8. The number of aromatic nitrogens is 2. The van der Waals surface area contributed by atoms with Crippen LogP contribution in [0.5, 0.6) is 5.75 Å². The SMILES string of the molecule is Nc1ccc(N=Nc2c(O)c(-c3nc4ccc(N(O)O)cc4o3)cc3cc(-c4nc5ccc(N(O)O)cc5o4)ccc23)cc1. The molecule has 7 N–H and O–H groups in total. The molecule has 44 heavy (non-hydrogen) atoms. The largest absolute Gasteiger partial charge is 0.505 e. The number of nitrogens with zero attached hydrogens (tertiary/aromatic N) is 6. The average Bonchev–Trinajstić information content (AvgIpc) is 3.64. The molecule has 0 atom stereocenters. The lowest BCUT2D eigenvalue weighted by Gasteiger charge is -2.09.